The second-order valence-corrected chi connectivity index (χ2v) is 9.89. The molecule has 6 rings (SSSR count). The Bertz CT molecular complexity index is 1170. The van der Waals surface area contributed by atoms with Gasteiger partial charge in [0.25, 0.3) is 5.91 Å². The van der Waals surface area contributed by atoms with Crippen LogP contribution in [-0.2, 0) is 28.9 Å². The Labute approximate surface area is 207 Å². The fourth-order valence-electron chi connectivity index (χ4n) is 5.98. The highest BCUT2D eigenvalue weighted by Gasteiger charge is 2.40. The van der Waals surface area contributed by atoms with Crippen molar-refractivity contribution in [3.05, 3.63) is 101 Å². The van der Waals surface area contributed by atoms with Gasteiger partial charge in [-0.25, -0.2) is 0 Å². The van der Waals surface area contributed by atoms with Crippen molar-refractivity contribution < 1.29 is 9.53 Å². The second-order valence-electron chi connectivity index (χ2n) is 9.89. The molecule has 1 saturated heterocycles. The third-order valence-electron chi connectivity index (χ3n) is 7.82. The molecule has 5 nitrogen and oxygen atoms in total. The normalized spacial score (nSPS) is 22.4. The van der Waals surface area contributed by atoms with Gasteiger partial charge in [-0.15, -0.1) is 0 Å². The van der Waals surface area contributed by atoms with E-state index in [0.717, 1.165) is 63.5 Å². The van der Waals surface area contributed by atoms with E-state index in [1.165, 1.54) is 16.7 Å². The molecule has 1 unspecified atom stereocenters. The molecule has 0 N–H and O–H groups in total. The zero-order valence-electron chi connectivity index (χ0n) is 20.2. The van der Waals surface area contributed by atoms with Gasteiger partial charge in [0.15, 0.2) is 0 Å². The van der Waals surface area contributed by atoms with Crippen molar-refractivity contribution in [1.82, 2.24) is 9.80 Å². The monoisotopic (exact) mass is 467 g/mol. The average molecular weight is 468 g/mol. The first-order chi connectivity index (χ1) is 17.3. The molecule has 0 aromatic heterocycles. The molecule has 3 aromatic rings. The number of fused-ring (bicyclic) bond motifs is 2. The summed E-state index contributed by atoms with van der Waals surface area (Å²) in [5, 5.41) is 0. The van der Waals surface area contributed by atoms with Crippen LogP contribution in [0, 0.1) is 0 Å². The summed E-state index contributed by atoms with van der Waals surface area (Å²) in [4.78, 5) is 21.6. The number of morpholine rings is 1. The van der Waals surface area contributed by atoms with E-state index in [9.17, 15) is 4.79 Å². The Kier molecular flexibility index (Phi) is 6.28. The SMILES string of the molecule is O=C(C1c2ccccc2CCN1c1ccccc1)N1Cc2ccccc2C[C@H]1CN1CCOCC1. The van der Waals surface area contributed by atoms with Crippen molar-refractivity contribution in [2.75, 3.05) is 44.3 Å². The van der Waals surface area contributed by atoms with Crippen LogP contribution in [0.4, 0.5) is 5.69 Å². The fraction of sp³-hybridized carbons (Fsp3) is 0.367. The van der Waals surface area contributed by atoms with Crippen LogP contribution in [0.25, 0.3) is 0 Å². The lowest BCUT2D eigenvalue weighted by Crippen LogP contribution is -2.55. The maximum absolute atomic E-state index is 14.6. The van der Waals surface area contributed by atoms with E-state index in [0.29, 0.717) is 6.54 Å². The number of rotatable bonds is 4. The average Bonchev–Trinajstić information content (AvgIpc) is 2.93. The van der Waals surface area contributed by atoms with E-state index in [-0.39, 0.29) is 18.0 Å². The standard InChI is InChI=1S/C30H33N3O2/c34-30(29-28-13-7-6-8-23(28)14-15-32(29)26-11-2-1-3-12-26)33-21-25-10-5-4-9-24(25)20-27(33)22-31-16-18-35-19-17-31/h1-13,27,29H,14-22H2/t27-,29?/m0/s1. The van der Waals surface area contributed by atoms with Gasteiger partial charge in [0, 0.05) is 44.5 Å². The van der Waals surface area contributed by atoms with Crippen LogP contribution >= 0.6 is 0 Å². The van der Waals surface area contributed by atoms with Gasteiger partial charge in [-0.2, -0.15) is 0 Å². The minimum Gasteiger partial charge on any atom is -0.379 e. The molecule has 35 heavy (non-hydrogen) atoms. The number of para-hydroxylation sites is 1. The summed E-state index contributed by atoms with van der Waals surface area (Å²) >= 11 is 0. The van der Waals surface area contributed by atoms with Crippen LogP contribution < -0.4 is 4.90 Å². The molecule has 0 spiro atoms. The van der Waals surface area contributed by atoms with E-state index < -0.39 is 0 Å². The summed E-state index contributed by atoms with van der Waals surface area (Å²) in [6, 6.07) is 27.4. The number of nitrogens with zero attached hydrogens (tertiary/aromatic N) is 3. The van der Waals surface area contributed by atoms with Crippen LogP contribution in [0.1, 0.15) is 28.3 Å². The number of amides is 1. The topological polar surface area (TPSA) is 36.0 Å². The molecule has 1 amide bonds. The zero-order valence-corrected chi connectivity index (χ0v) is 20.2. The van der Waals surface area contributed by atoms with E-state index in [1.54, 1.807) is 0 Å². The predicted octanol–water partition coefficient (Wildman–Crippen LogP) is 4.08. The van der Waals surface area contributed by atoms with Crippen LogP contribution in [0.3, 0.4) is 0 Å². The van der Waals surface area contributed by atoms with Gasteiger partial charge in [-0.1, -0.05) is 66.7 Å². The lowest BCUT2D eigenvalue weighted by atomic mass is 9.88. The van der Waals surface area contributed by atoms with Crippen molar-refractivity contribution in [2.24, 2.45) is 0 Å². The Morgan fingerprint density at radius 2 is 1.49 bits per heavy atom. The number of hydrogen-bond acceptors (Lipinski definition) is 4. The molecule has 1 fully saturated rings. The Morgan fingerprint density at radius 3 is 2.29 bits per heavy atom. The Balaban J connectivity index is 1.37. The molecule has 2 atom stereocenters. The molecule has 180 valence electrons. The predicted molar refractivity (Wildman–Crippen MR) is 138 cm³/mol. The molecule has 0 aliphatic carbocycles. The van der Waals surface area contributed by atoms with Gasteiger partial charge < -0.3 is 14.5 Å². The summed E-state index contributed by atoms with van der Waals surface area (Å²) in [6.45, 7) is 5.82. The summed E-state index contributed by atoms with van der Waals surface area (Å²) < 4.78 is 5.59. The third kappa shape index (κ3) is 4.46. The lowest BCUT2D eigenvalue weighted by molar-refractivity contribution is -0.137. The first kappa shape index (κ1) is 22.3. The molecule has 3 heterocycles. The van der Waals surface area contributed by atoms with E-state index in [4.69, 9.17) is 4.74 Å². The minimum absolute atomic E-state index is 0.155. The Hall–Kier alpha value is -3.15. The highest BCUT2D eigenvalue weighted by atomic mass is 16.5. The van der Waals surface area contributed by atoms with Gasteiger partial charge in [0.2, 0.25) is 0 Å². The number of carbonyl (C=O) groups is 1. The molecule has 0 bridgehead atoms. The van der Waals surface area contributed by atoms with Crippen LogP contribution in [0.5, 0.6) is 0 Å². The van der Waals surface area contributed by atoms with Crippen molar-refractivity contribution in [1.29, 1.82) is 0 Å². The molecule has 0 radical (unpaired) electrons. The van der Waals surface area contributed by atoms with E-state index in [1.807, 2.05) is 6.07 Å². The van der Waals surface area contributed by atoms with Crippen molar-refractivity contribution in [3.63, 3.8) is 0 Å². The minimum atomic E-state index is -0.306. The summed E-state index contributed by atoms with van der Waals surface area (Å²) in [6.07, 6.45) is 1.86. The third-order valence-corrected chi connectivity index (χ3v) is 7.82. The molecule has 0 saturated carbocycles. The van der Waals surface area contributed by atoms with E-state index in [2.05, 4.69) is 87.5 Å². The molecule has 3 aliphatic rings. The number of anilines is 1. The number of carbonyl (C=O) groups excluding carboxylic acids is 1. The molecule has 3 aliphatic heterocycles. The van der Waals surface area contributed by atoms with E-state index >= 15 is 0 Å². The quantitative estimate of drug-likeness (QED) is 0.580. The van der Waals surface area contributed by atoms with Crippen LogP contribution in [0.15, 0.2) is 78.9 Å². The number of ether oxygens (including phenoxy) is 1. The first-order valence-electron chi connectivity index (χ1n) is 12.8. The molecule has 3 aromatic carbocycles. The fourth-order valence-corrected chi connectivity index (χ4v) is 5.98. The largest absolute Gasteiger partial charge is 0.379 e. The van der Waals surface area contributed by atoms with Gasteiger partial charge in [0.05, 0.1) is 13.2 Å². The molecular formula is C30H33N3O2. The van der Waals surface area contributed by atoms with Gasteiger partial charge in [-0.05, 0) is 47.2 Å². The van der Waals surface area contributed by atoms with Crippen molar-refractivity contribution in [2.45, 2.75) is 31.5 Å². The number of hydrogen-bond donors (Lipinski definition) is 0. The maximum Gasteiger partial charge on any atom is 0.250 e. The summed E-state index contributed by atoms with van der Waals surface area (Å²) in [5.74, 6) is 0.216. The summed E-state index contributed by atoms with van der Waals surface area (Å²) in [5.41, 5.74) is 6.20. The summed E-state index contributed by atoms with van der Waals surface area (Å²) in [7, 11) is 0. The van der Waals surface area contributed by atoms with Crippen molar-refractivity contribution in [3.8, 4) is 0 Å². The highest BCUT2D eigenvalue weighted by molar-refractivity contribution is 5.88. The smallest absolute Gasteiger partial charge is 0.250 e. The Morgan fingerprint density at radius 1 is 0.800 bits per heavy atom. The highest BCUT2D eigenvalue weighted by Crippen LogP contribution is 2.37. The van der Waals surface area contributed by atoms with Gasteiger partial charge >= 0.3 is 0 Å². The molecule has 5 heteroatoms. The first-order valence-corrected chi connectivity index (χ1v) is 12.8. The molecular weight excluding hydrogens is 434 g/mol. The van der Waals surface area contributed by atoms with Crippen LogP contribution in [0.2, 0.25) is 0 Å². The van der Waals surface area contributed by atoms with Gasteiger partial charge in [0.1, 0.15) is 6.04 Å². The van der Waals surface area contributed by atoms with Crippen LogP contribution in [-0.4, -0.2) is 61.1 Å². The lowest BCUT2D eigenvalue weighted by Gasteiger charge is -2.45. The van der Waals surface area contributed by atoms with Crippen molar-refractivity contribution >= 4 is 11.6 Å². The second kappa shape index (κ2) is 9.84. The van der Waals surface area contributed by atoms with Gasteiger partial charge in [-0.3, -0.25) is 9.69 Å². The maximum atomic E-state index is 14.6. The number of benzene rings is 3. The zero-order chi connectivity index (χ0) is 23.6.